The summed E-state index contributed by atoms with van der Waals surface area (Å²) in [6, 6.07) is 8.15. The first-order chi connectivity index (χ1) is 13.7. The van der Waals surface area contributed by atoms with E-state index in [1.165, 1.54) is 18.4 Å². The summed E-state index contributed by atoms with van der Waals surface area (Å²) in [7, 11) is 0. The lowest BCUT2D eigenvalue weighted by Crippen LogP contribution is -2.52. The molecule has 0 aromatic heterocycles. The summed E-state index contributed by atoms with van der Waals surface area (Å²) >= 11 is 0. The molecule has 0 aliphatic carbocycles. The third-order valence-electron chi connectivity index (χ3n) is 6.54. The zero-order valence-corrected chi connectivity index (χ0v) is 16.8. The lowest BCUT2D eigenvalue weighted by molar-refractivity contribution is -0.142. The van der Waals surface area contributed by atoms with E-state index in [1.54, 1.807) is 12.1 Å². The summed E-state index contributed by atoms with van der Waals surface area (Å²) in [4.78, 5) is 20.0. The Balaban J connectivity index is 1.25. The molecule has 0 bridgehead atoms. The van der Waals surface area contributed by atoms with E-state index >= 15 is 0 Å². The molecule has 1 aromatic carbocycles. The molecule has 3 saturated heterocycles. The topological polar surface area (TPSA) is 56.2 Å². The van der Waals surface area contributed by atoms with Crippen LogP contribution in [-0.2, 0) is 16.1 Å². The Bertz CT molecular complexity index is 637. The lowest BCUT2D eigenvalue weighted by atomic mass is 9.92. The van der Waals surface area contributed by atoms with Crippen LogP contribution >= 0.6 is 0 Å². The first-order valence-electron chi connectivity index (χ1n) is 10.8. The molecule has 3 aliphatic heterocycles. The van der Waals surface area contributed by atoms with E-state index in [1.807, 2.05) is 17.0 Å². The Kier molecular flexibility index (Phi) is 6.50. The maximum Gasteiger partial charge on any atom is 0.227 e. The maximum atomic E-state index is 12.9. The van der Waals surface area contributed by atoms with Crippen LogP contribution in [0.1, 0.15) is 31.2 Å². The number of nitrogens with zero attached hydrogens (tertiary/aromatic N) is 3. The van der Waals surface area contributed by atoms with Crippen molar-refractivity contribution in [3.63, 3.8) is 0 Å². The molecular formula is C22H33N3O3. The van der Waals surface area contributed by atoms with Gasteiger partial charge >= 0.3 is 0 Å². The number of hydrogen-bond donors (Lipinski definition) is 1. The molecule has 0 saturated carbocycles. The third kappa shape index (κ3) is 4.85. The second kappa shape index (κ2) is 9.25. The Morgan fingerprint density at radius 2 is 1.71 bits per heavy atom. The van der Waals surface area contributed by atoms with Gasteiger partial charge in [0.05, 0.1) is 19.1 Å². The molecule has 3 fully saturated rings. The van der Waals surface area contributed by atoms with E-state index in [-0.39, 0.29) is 5.92 Å². The standard InChI is InChI=1S/C22H33N3O3/c26-21-5-3-18(4-6-21)16-23-10-7-20(8-11-23)25-9-1-2-19(17-25)22(27)24-12-14-28-15-13-24/h3-6,19-20,26H,1-2,7-17H2. The van der Waals surface area contributed by atoms with E-state index in [9.17, 15) is 9.90 Å². The number of benzene rings is 1. The quantitative estimate of drug-likeness (QED) is 0.856. The molecule has 1 amide bonds. The Hall–Kier alpha value is -1.63. The van der Waals surface area contributed by atoms with E-state index in [4.69, 9.17) is 4.74 Å². The number of carbonyl (C=O) groups excluding carboxylic acids is 1. The van der Waals surface area contributed by atoms with Crippen LogP contribution in [0.4, 0.5) is 0 Å². The van der Waals surface area contributed by atoms with Gasteiger partial charge in [0.25, 0.3) is 0 Å². The number of piperidine rings is 2. The van der Waals surface area contributed by atoms with E-state index in [2.05, 4.69) is 9.80 Å². The second-order valence-corrected chi connectivity index (χ2v) is 8.45. The average molecular weight is 388 g/mol. The van der Waals surface area contributed by atoms with Gasteiger partial charge in [0.15, 0.2) is 0 Å². The fourth-order valence-corrected chi connectivity index (χ4v) is 4.88. The fourth-order valence-electron chi connectivity index (χ4n) is 4.88. The zero-order chi connectivity index (χ0) is 19.3. The Morgan fingerprint density at radius 1 is 1.00 bits per heavy atom. The second-order valence-electron chi connectivity index (χ2n) is 8.45. The predicted molar refractivity (Wildman–Crippen MR) is 108 cm³/mol. The minimum atomic E-state index is 0.168. The van der Waals surface area contributed by atoms with Gasteiger partial charge in [-0.15, -0.1) is 0 Å². The zero-order valence-electron chi connectivity index (χ0n) is 16.8. The summed E-state index contributed by atoms with van der Waals surface area (Å²) in [5, 5.41) is 9.43. The minimum Gasteiger partial charge on any atom is -0.508 e. The van der Waals surface area contributed by atoms with Crippen molar-refractivity contribution in [2.45, 2.75) is 38.3 Å². The fraction of sp³-hybridized carbons (Fsp3) is 0.682. The number of carbonyl (C=O) groups is 1. The number of phenols is 1. The summed E-state index contributed by atoms with van der Waals surface area (Å²) in [6.07, 6.45) is 4.52. The molecule has 1 N–H and O–H groups in total. The van der Waals surface area contributed by atoms with Gasteiger partial charge in [-0.05, 0) is 63.0 Å². The Morgan fingerprint density at radius 3 is 2.43 bits per heavy atom. The van der Waals surface area contributed by atoms with Crippen LogP contribution in [0.2, 0.25) is 0 Å². The van der Waals surface area contributed by atoms with Gasteiger partial charge in [0.1, 0.15) is 5.75 Å². The van der Waals surface area contributed by atoms with Crippen LogP contribution in [0.25, 0.3) is 0 Å². The largest absolute Gasteiger partial charge is 0.508 e. The predicted octanol–water partition coefficient (Wildman–Crippen LogP) is 1.93. The van der Waals surface area contributed by atoms with Crippen molar-refractivity contribution in [2.24, 2.45) is 5.92 Å². The normalized spacial score (nSPS) is 25.7. The molecule has 154 valence electrons. The number of morpholine rings is 1. The van der Waals surface area contributed by atoms with Gasteiger partial charge < -0.3 is 14.7 Å². The SMILES string of the molecule is O=C(C1CCCN(C2CCN(Cc3ccc(O)cc3)CC2)C1)N1CCOCC1. The molecular weight excluding hydrogens is 354 g/mol. The smallest absolute Gasteiger partial charge is 0.227 e. The van der Waals surface area contributed by atoms with Crippen molar-refractivity contribution in [1.29, 1.82) is 0 Å². The molecule has 4 rings (SSSR count). The number of rotatable bonds is 4. The first kappa shape index (κ1) is 19.7. The third-order valence-corrected chi connectivity index (χ3v) is 6.54. The molecule has 28 heavy (non-hydrogen) atoms. The first-order valence-corrected chi connectivity index (χ1v) is 10.8. The Labute approximate surface area is 168 Å². The number of phenolic OH excluding ortho intramolecular Hbond substituents is 1. The van der Waals surface area contributed by atoms with Gasteiger partial charge in [-0.3, -0.25) is 14.6 Å². The molecule has 1 unspecified atom stereocenters. The van der Waals surface area contributed by atoms with Crippen LogP contribution in [0.5, 0.6) is 5.75 Å². The maximum absolute atomic E-state index is 12.9. The molecule has 0 radical (unpaired) electrons. The molecule has 3 heterocycles. The van der Waals surface area contributed by atoms with Gasteiger partial charge in [0, 0.05) is 32.2 Å². The molecule has 0 spiro atoms. The van der Waals surface area contributed by atoms with Crippen molar-refractivity contribution >= 4 is 5.91 Å². The molecule has 1 aromatic rings. The van der Waals surface area contributed by atoms with Crippen LogP contribution in [0.15, 0.2) is 24.3 Å². The highest BCUT2D eigenvalue weighted by Crippen LogP contribution is 2.26. The molecule has 3 aliphatic rings. The number of hydrogen-bond acceptors (Lipinski definition) is 5. The van der Waals surface area contributed by atoms with E-state index in [0.717, 1.165) is 58.7 Å². The minimum absolute atomic E-state index is 0.168. The van der Waals surface area contributed by atoms with Crippen LogP contribution in [-0.4, -0.2) is 84.2 Å². The van der Waals surface area contributed by atoms with Crippen molar-refractivity contribution in [1.82, 2.24) is 14.7 Å². The van der Waals surface area contributed by atoms with E-state index < -0.39 is 0 Å². The highest BCUT2D eigenvalue weighted by Gasteiger charge is 2.33. The van der Waals surface area contributed by atoms with Crippen molar-refractivity contribution < 1.29 is 14.6 Å². The van der Waals surface area contributed by atoms with Gasteiger partial charge in [-0.25, -0.2) is 0 Å². The summed E-state index contributed by atoms with van der Waals surface area (Å²) in [6.45, 7) is 8.09. The van der Waals surface area contributed by atoms with Crippen molar-refractivity contribution in [3.8, 4) is 5.75 Å². The van der Waals surface area contributed by atoms with Gasteiger partial charge in [-0.1, -0.05) is 12.1 Å². The summed E-state index contributed by atoms with van der Waals surface area (Å²) in [5.74, 6) is 0.841. The number of amides is 1. The van der Waals surface area contributed by atoms with E-state index in [0.29, 0.717) is 30.9 Å². The number of aromatic hydroxyl groups is 1. The van der Waals surface area contributed by atoms with Crippen LogP contribution in [0.3, 0.4) is 0 Å². The average Bonchev–Trinajstić information content (AvgIpc) is 2.76. The highest BCUT2D eigenvalue weighted by atomic mass is 16.5. The number of ether oxygens (including phenoxy) is 1. The van der Waals surface area contributed by atoms with Crippen LogP contribution in [0, 0.1) is 5.92 Å². The van der Waals surface area contributed by atoms with Gasteiger partial charge in [0.2, 0.25) is 5.91 Å². The highest BCUT2D eigenvalue weighted by molar-refractivity contribution is 5.79. The van der Waals surface area contributed by atoms with Crippen molar-refractivity contribution in [3.05, 3.63) is 29.8 Å². The molecule has 6 nitrogen and oxygen atoms in total. The lowest BCUT2D eigenvalue weighted by Gasteiger charge is -2.43. The van der Waals surface area contributed by atoms with Crippen molar-refractivity contribution in [2.75, 3.05) is 52.5 Å². The summed E-state index contributed by atoms with van der Waals surface area (Å²) in [5.41, 5.74) is 1.25. The summed E-state index contributed by atoms with van der Waals surface area (Å²) < 4.78 is 5.39. The number of likely N-dealkylation sites (tertiary alicyclic amines) is 2. The van der Waals surface area contributed by atoms with Crippen LogP contribution < -0.4 is 0 Å². The molecule has 1 atom stereocenters. The monoisotopic (exact) mass is 387 g/mol. The van der Waals surface area contributed by atoms with Gasteiger partial charge in [-0.2, -0.15) is 0 Å². The molecule has 6 heteroatoms.